The second-order valence-corrected chi connectivity index (χ2v) is 7.04. The first kappa shape index (κ1) is 19.5. The molecule has 1 aliphatic heterocycles. The van der Waals surface area contributed by atoms with Crippen LogP contribution in [0.1, 0.15) is 40.2 Å². The fourth-order valence-corrected chi connectivity index (χ4v) is 2.22. The van der Waals surface area contributed by atoms with Crippen LogP contribution in [0.5, 0.6) is 5.75 Å². The van der Waals surface area contributed by atoms with Crippen LogP contribution in [0.2, 0.25) is 0 Å². The van der Waals surface area contributed by atoms with Crippen molar-refractivity contribution >= 4 is 24.3 Å². The summed E-state index contributed by atoms with van der Waals surface area (Å²) in [6.07, 6.45) is 2.67. The predicted octanol–water partition coefficient (Wildman–Crippen LogP) is 2.87. The molecule has 1 aliphatic rings. The van der Waals surface area contributed by atoms with Crippen LogP contribution < -0.4 is 15.5 Å². The minimum Gasteiger partial charge on any atom is -0.485 e. The second kappa shape index (κ2) is 8.03. The highest BCUT2D eigenvalue weighted by atomic mass is 16.6. The Morgan fingerprint density at radius 3 is 2.69 bits per heavy atom. The third-order valence-corrected chi connectivity index (χ3v) is 3.53. The first-order chi connectivity index (χ1) is 12.2. The van der Waals surface area contributed by atoms with E-state index in [-0.39, 0.29) is 6.10 Å². The number of rotatable bonds is 4. The summed E-state index contributed by atoms with van der Waals surface area (Å²) in [6.45, 7) is 8.71. The molecule has 7 heteroatoms. The van der Waals surface area contributed by atoms with Crippen molar-refractivity contribution in [2.75, 3.05) is 0 Å². The molecule has 0 aromatic heterocycles. The highest BCUT2D eigenvalue weighted by Gasteiger charge is 2.21. The van der Waals surface area contributed by atoms with E-state index in [9.17, 15) is 9.59 Å². The fourth-order valence-electron chi connectivity index (χ4n) is 2.22. The standard InChI is InChI=1S/C19H25N3O4/c1-12(21-18(24)26-19(3,4)5)17(23)22-20-11-15-10-14-8-6-7-9-16(14)25-13(15)2/h6-13H,1-5H3,(H,21,24)(H,22,23)/t12-,13?/m1/s1. The summed E-state index contributed by atoms with van der Waals surface area (Å²) in [5.41, 5.74) is 3.57. The third kappa shape index (κ3) is 5.61. The molecule has 1 heterocycles. The Morgan fingerprint density at radius 1 is 1.31 bits per heavy atom. The predicted molar refractivity (Wildman–Crippen MR) is 100.0 cm³/mol. The summed E-state index contributed by atoms with van der Waals surface area (Å²) in [6, 6.07) is 6.91. The number of alkyl carbamates (subject to hydrolysis) is 1. The van der Waals surface area contributed by atoms with Crippen molar-refractivity contribution in [3.8, 4) is 5.75 Å². The van der Waals surface area contributed by atoms with Gasteiger partial charge in [-0.2, -0.15) is 5.10 Å². The number of hydrazone groups is 1. The van der Waals surface area contributed by atoms with Gasteiger partial charge in [-0.15, -0.1) is 0 Å². The molecular formula is C19H25N3O4. The number of fused-ring (bicyclic) bond motifs is 1. The lowest BCUT2D eigenvalue weighted by atomic mass is 10.0. The van der Waals surface area contributed by atoms with E-state index in [2.05, 4.69) is 15.8 Å². The molecule has 1 aromatic rings. The molecule has 0 saturated heterocycles. The lowest BCUT2D eigenvalue weighted by Gasteiger charge is -2.22. The molecule has 2 atom stereocenters. The number of ether oxygens (including phenoxy) is 2. The van der Waals surface area contributed by atoms with Crippen molar-refractivity contribution in [3.63, 3.8) is 0 Å². The zero-order valence-corrected chi connectivity index (χ0v) is 15.7. The van der Waals surface area contributed by atoms with Gasteiger partial charge < -0.3 is 14.8 Å². The molecule has 0 spiro atoms. The lowest BCUT2D eigenvalue weighted by Crippen LogP contribution is -2.45. The van der Waals surface area contributed by atoms with Crippen molar-refractivity contribution < 1.29 is 19.1 Å². The molecule has 140 valence electrons. The molecular weight excluding hydrogens is 334 g/mol. The highest BCUT2D eigenvalue weighted by molar-refractivity contribution is 5.90. The zero-order chi connectivity index (χ0) is 19.3. The monoisotopic (exact) mass is 359 g/mol. The molecule has 0 bridgehead atoms. The molecule has 0 aliphatic carbocycles. The summed E-state index contributed by atoms with van der Waals surface area (Å²) in [4.78, 5) is 23.7. The summed E-state index contributed by atoms with van der Waals surface area (Å²) < 4.78 is 10.9. The van der Waals surface area contributed by atoms with Gasteiger partial charge in [-0.3, -0.25) is 4.79 Å². The molecule has 0 saturated carbocycles. The fraction of sp³-hybridized carbons (Fsp3) is 0.421. The van der Waals surface area contributed by atoms with Gasteiger partial charge in [0.2, 0.25) is 0 Å². The minimum absolute atomic E-state index is 0.178. The number of carbonyl (C=O) groups is 2. The Hall–Kier alpha value is -2.83. The smallest absolute Gasteiger partial charge is 0.408 e. The van der Waals surface area contributed by atoms with Gasteiger partial charge in [0, 0.05) is 11.1 Å². The van der Waals surface area contributed by atoms with Crippen molar-refractivity contribution in [1.29, 1.82) is 0 Å². The summed E-state index contributed by atoms with van der Waals surface area (Å²) in [5, 5.41) is 6.42. The molecule has 0 fully saturated rings. The van der Waals surface area contributed by atoms with Gasteiger partial charge in [0.1, 0.15) is 23.5 Å². The number of carbonyl (C=O) groups excluding carboxylic acids is 2. The van der Waals surface area contributed by atoms with Crippen molar-refractivity contribution in [2.45, 2.75) is 52.4 Å². The van der Waals surface area contributed by atoms with Gasteiger partial charge in [-0.05, 0) is 46.8 Å². The SMILES string of the molecule is CC1Oc2ccccc2C=C1C=NNC(=O)[C@@H](C)NC(=O)OC(C)(C)C. The Kier molecular flexibility index (Phi) is 6.02. The number of nitrogens with zero attached hydrogens (tertiary/aromatic N) is 1. The van der Waals surface area contributed by atoms with Gasteiger partial charge in [0.15, 0.2) is 0 Å². The van der Waals surface area contributed by atoms with E-state index in [1.54, 1.807) is 33.9 Å². The summed E-state index contributed by atoms with van der Waals surface area (Å²) in [5.74, 6) is 0.369. The number of hydrogen-bond acceptors (Lipinski definition) is 5. The van der Waals surface area contributed by atoms with Gasteiger partial charge in [0.05, 0.1) is 6.21 Å². The van der Waals surface area contributed by atoms with E-state index < -0.39 is 23.6 Å². The number of para-hydroxylation sites is 1. The van der Waals surface area contributed by atoms with Crippen LogP contribution in [0.4, 0.5) is 4.79 Å². The lowest BCUT2D eigenvalue weighted by molar-refractivity contribution is -0.122. The molecule has 2 rings (SSSR count). The van der Waals surface area contributed by atoms with Crippen LogP contribution in [0.15, 0.2) is 34.9 Å². The maximum Gasteiger partial charge on any atom is 0.408 e. The van der Waals surface area contributed by atoms with Gasteiger partial charge in [-0.25, -0.2) is 10.2 Å². The molecule has 7 nitrogen and oxygen atoms in total. The van der Waals surface area contributed by atoms with Crippen LogP contribution in [0, 0.1) is 0 Å². The van der Waals surface area contributed by atoms with E-state index in [1.165, 1.54) is 0 Å². The molecule has 0 radical (unpaired) electrons. The molecule has 2 N–H and O–H groups in total. The number of hydrogen-bond donors (Lipinski definition) is 2. The quantitative estimate of drug-likeness (QED) is 0.639. The first-order valence-corrected chi connectivity index (χ1v) is 8.45. The number of benzene rings is 1. The Morgan fingerprint density at radius 2 is 2.00 bits per heavy atom. The topological polar surface area (TPSA) is 89.0 Å². The van der Waals surface area contributed by atoms with Gasteiger partial charge in [-0.1, -0.05) is 18.2 Å². The Bertz CT molecular complexity index is 735. The molecule has 2 amide bonds. The molecule has 1 unspecified atom stereocenters. The Labute approximate surface area is 153 Å². The summed E-state index contributed by atoms with van der Waals surface area (Å²) in [7, 11) is 0. The molecule has 1 aromatic carbocycles. The van der Waals surface area contributed by atoms with Crippen LogP contribution in [0.25, 0.3) is 6.08 Å². The van der Waals surface area contributed by atoms with Crippen LogP contribution >= 0.6 is 0 Å². The van der Waals surface area contributed by atoms with Crippen molar-refractivity contribution in [3.05, 3.63) is 35.4 Å². The maximum atomic E-state index is 12.0. The van der Waals surface area contributed by atoms with E-state index >= 15 is 0 Å². The van der Waals surface area contributed by atoms with E-state index in [1.807, 2.05) is 37.3 Å². The second-order valence-electron chi connectivity index (χ2n) is 7.04. The third-order valence-electron chi connectivity index (χ3n) is 3.53. The average Bonchev–Trinajstić information content (AvgIpc) is 2.53. The Balaban J connectivity index is 1.90. The van der Waals surface area contributed by atoms with Gasteiger partial charge >= 0.3 is 6.09 Å². The summed E-state index contributed by atoms with van der Waals surface area (Å²) >= 11 is 0. The largest absolute Gasteiger partial charge is 0.485 e. The maximum absolute atomic E-state index is 12.0. The molecule has 26 heavy (non-hydrogen) atoms. The van der Waals surface area contributed by atoms with Crippen LogP contribution in [-0.2, 0) is 9.53 Å². The van der Waals surface area contributed by atoms with Crippen molar-refractivity contribution in [2.24, 2.45) is 5.10 Å². The average molecular weight is 359 g/mol. The van der Waals surface area contributed by atoms with Crippen LogP contribution in [-0.4, -0.2) is 36.0 Å². The van der Waals surface area contributed by atoms with E-state index in [0.29, 0.717) is 0 Å². The highest BCUT2D eigenvalue weighted by Crippen LogP contribution is 2.28. The van der Waals surface area contributed by atoms with E-state index in [0.717, 1.165) is 16.9 Å². The van der Waals surface area contributed by atoms with Crippen LogP contribution in [0.3, 0.4) is 0 Å². The van der Waals surface area contributed by atoms with Gasteiger partial charge in [0.25, 0.3) is 5.91 Å². The normalized spacial score (nSPS) is 17.6. The minimum atomic E-state index is -0.781. The number of amides is 2. The number of nitrogens with one attached hydrogen (secondary N) is 2. The van der Waals surface area contributed by atoms with Crippen molar-refractivity contribution in [1.82, 2.24) is 10.7 Å². The van der Waals surface area contributed by atoms with E-state index in [4.69, 9.17) is 9.47 Å². The first-order valence-electron chi connectivity index (χ1n) is 8.45. The zero-order valence-electron chi connectivity index (χ0n) is 15.7.